The fourth-order valence-corrected chi connectivity index (χ4v) is 3.94. The molecule has 0 spiro atoms. The molecule has 8 heteroatoms. The Labute approximate surface area is 150 Å². The number of benzene rings is 2. The second-order valence-corrected chi connectivity index (χ2v) is 7.36. The predicted octanol–water partition coefficient (Wildman–Crippen LogP) is 3.44. The topological polar surface area (TPSA) is 88.2 Å². The SMILES string of the molecule is CC(=O)Nc1cccc(NS(=O)(=O)c2ccc(F)c3ncccc23)c1C. The molecule has 0 bridgehead atoms. The molecule has 1 heterocycles. The molecule has 134 valence electrons. The number of halogens is 1. The fourth-order valence-electron chi connectivity index (χ4n) is 2.62. The van der Waals surface area contributed by atoms with Crippen LogP contribution in [0.5, 0.6) is 0 Å². The molecule has 2 aromatic carbocycles. The van der Waals surface area contributed by atoms with Crippen molar-refractivity contribution < 1.29 is 17.6 Å². The van der Waals surface area contributed by atoms with Crippen LogP contribution in [0.2, 0.25) is 0 Å². The molecular formula is C18H16FN3O3S. The molecule has 0 atom stereocenters. The van der Waals surface area contributed by atoms with E-state index in [1.165, 1.54) is 25.3 Å². The molecule has 26 heavy (non-hydrogen) atoms. The summed E-state index contributed by atoms with van der Waals surface area (Å²) in [4.78, 5) is 15.1. The van der Waals surface area contributed by atoms with Gasteiger partial charge in [-0.3, -0.25) is 14.5 Å². The van der Waals surface area contributed by atoms with Gasteiger partial charge in [-0.1, -0.05) is 6.07 Å². The third kappa shape index (κ3) is 3.36. The number of hydrogen-bond acceptors (Lipinski definition) is 4. The lowest BCUT2D eigenvalue weighted by atomic mass is 10.1. The number of nitrogens with one attached hydrogen (secondary N) is 2. The van der Waals surface area contributed by atoms with E-state index in [1.807, 2.05) is 0 Å². The van der Waals surface area contributed by atoms with Crippen molar-refractivity contribution in [1.29, 1.82) is 0 Å². The van der Waals surface area contributed by atoms with E-state index < -0.39 is 15.8 Å². The first-order valence-corrected chi connectivity index (χ1v) is 9.21. The van der Waals surface area contributed by atoms with Crippen molar-refractivity contribution in [3.05, 3.63) is 60.0 Å². The van der Waals surface area contributed by atoms with E-state index in [4.69, 9.17) is 0 Å². The van der Waals surface area contributed by atoms with Gasteiger partial charge in [-0.25, -0.2) is 12.8 Å². The molecule has 0 aliphatic rings. The zero-order valence-electron chi connectivity index (χ0n) is 14.1. The molecule has 0 aliphatic heterocycles. The number of hydrogen-bond donors (Lipinski definition) is 2. The number of carbonyl (C=O) groups is 1. The average molecular weight is 373 g/mol. The Morgan fingerprint density at radius 3 is 2.54 bits per heavy atom. The fraction of sp³-hybridized carbons (Fsp3) is 0.111. The zero-order valence-corrected chi connectivity index (χ0v) is 14.9. The zero-order chi connectivity index (χ0) is 18.9. The summed E-state index contributed by atoms with van der Waals surface area (Å²) in [6.45, 7) is 3.06. The van der Waals surface area contributed by atoms with E-state index in [1.54, 1.807) is 31.2 Å². The van der Waals surface area contributed by atoms with Gasteiger partial charge in [0.2, 0.25) is 5.91 Å². The maximum Gasteiger partial charge on any atom is 0.262 e. The van der Waals surface area contributed by atoms with Crippen LogP contribution in [0.25, 0.3) is 10.9 Å². The Bertz CT molecular complexity index is 1110. The Kier molecular flexibility index (Phi) is 4.60. The summed E-state index contributed by atoms with van der Waals surface area (Å²) < 4.78 is 42.1. The summed E-state index contributed by atoms with van der Waals surface area (Å²) in [7, 11) is -3.99. The Morgan fingerprint density at radius 2 is 1.81 bits per heavy atom. The Hall–Kier alpha value is -3.00. The highest BCUT2D eigenvalue weighted by molar-refractivity contribution is 7.93. The van der Waals surface area contributed by atoms with Crippen LogP contribution in [0.3, 0.4) is 0 Å². The first kappa shape index (κ1) is 17.8. The molecule has 0 fully saturated rings. The van der Waals surface area contributed by atoms with Gasteiger partial charge in [0.1, 0.15) is 11.3 Å². The number of aromatic nitrogens is 1. The van der Waals surface area contributed by atoms with Gasteiger partial charge >= 0.3 is 0 Å². The number of carbonyl (C=O) groups excluding carboxylic acids is 1. The van der Waals surface area contributed by atoms with Crippen LogP contribution in [0.1, 0.15) is 12.5 Å². The van der Waals surface area contributed by atoms with E-state index >= 15 is 0 Å². The van der Waals surface area contributed by atoms with Gasteiger partial charge in [-0.15, -0.1) is 0 Å². The highest BCUT2D eigenvalue weighted by Gasteiger charge is 2.20. The monoisotopic (exact) mass is 373 g/mol. The normalized spacial score (nSPS) is 11.3. The molecule has 0 saturated carbocycles. The average Bonchev–Trinajstić information content (AvgIpc) is 2.58. The van der Waals surface area contributed by atoms with Crippen LogP contribution in [0.4, 0.5) is 15.8 Å². The summed E-state index contributed by atoms with van der Waals surface area (Å²) in [5.74, 6) is -0.855. The maximum absolute atomic E-state index is 13.9. The molecule has 6 nitrogen and oxygen atoms in total. The van der Waals surface area contributed by atoms with Gasteiger partial charge in [0.05, 0.1) is 10.6 Å². The molecule has 0 radical (unpaired) electrons. The largest absolute Gasteiger partial charge is 0.326 e. The molecule has 2 N–H and O–H groups in total. The molecule has 1 amide bonds. The highest BCUT2D eigenvalue weighted by Crippen LogP contribution is 2.29. The predicted molar refractivity (Wildman–Crippen MR) is 98.0 cm³/mol. The standard InChI is InChI=1S/C18H16FN3O3S/c1-11-15(21-12(2)23)6-3-7-16(11)22-26(24,25)17-9-8-14(19)18-13(17)5-4-10-20-18/h3-10,22H,1-2H3,(H,21,23). The second-order valence-electron chi connectivity index (χ2n) is 5.71. The van der Waals surface area contributed by atoms with E-state index in [-0.39, 0.29) is 21.7 Å². The van der Waals surface area contributed by atoms with Gasteiger partial charge in [-0.2, -0.15) is 0 Å². The molecular weight excluding hydrogens is 357 g/mol. The third-order valence-corrected chi connectivity index (χ3v) is 5.28. The quantitative estimate of drug-likeness (QED) is 0.733. The number of amides is 1. The summed E-state index contributed by atoms with van der Waals surface area (Å²) in [6, 6.07) is 10.2. The number of pyridine rings is 1. The molecule has 0 aliphatic carbocycles. The minimum Gasteiger partial charge on any atom is -0.326 e. The lowest BCUT2D eigenvalue weighted by molar-refractivity contribution is -0.114. The lowest BCUT2D eigenvalue weighted by Gasteiger charge is -2.15. The van der Waals surface area contributed by atoms with Crippen molar-refractivity contribution >= 4 is 38.2 Å². The van der Waals surface area contributed by atoms with Crippen molar-refractivity contribution in [3.8, 4) is 0 Å². The van der Waals surface area contributed by atoms with Gasteiger partial charge in [0.25, 0.3) is 10.0 Å². The summed E-state index contributed by atoms with van der Waals surface area (Å²) in [5, 5.41) is 2.83. The van der Waals surface area contributed by atoms with Crippen LogP contribution in [0.15, 0.2) is 53.6 Å². The van der Waals surface area contributed by atoms with Crippen molar-refractivity contribution in [3.63, 3.8) is 0 Å². The van der Waals surface area contributed by atoms with E-state index in [0.717, 1.165) is 6.07 Å². The lowest BCUT2D eigenvalue weighted by Crippen LogP contribution is -2.15. The van der Waals surface area contributed by atoms with Crippen LogP contribution in [0, 0.1) is 12.7 Å². The second kappa shape index (κ2) is 6.72. The van der Waals surface area contributed by atoms with Gasteiger partial charge in [-0.05, 0) is 48.9 Å². The summed E-state index contributed by atoms with van der Waals surface area (Å²) in [6.07, 6.45) is 1.40. The van der Waals surface area contributed by atoms with Crippen molar-refractivity contribution in [2.24, 2.45) is 0 Å². The van der Waals surface area contributed by atoms with E-state index in [9.17, 15) is 17.6 Å². The minimum atomic E-state index is -3.99. The molecule has 3 aromatic rings. The van der Waals surface area contributed by atoms with Crippen LogP contribution >= 0.6 is 0 Å². The first-order chi connectivity index (χ1) is 12.3. The minimum absolute atomic E-state index is 0.0147. The molecule has 3 rings (SSSR count). The van der Waals surface area contributed by atoms with Gasteiger partial charge in [0.15, 0.2) is 0 Å². The number of fused-ring (bicyclic) bond motifs is 1. The molecule has 1 aromatic heterocycles. The summed E-state index contributed by atoms with van der Waals surface area (Å²) in [5.41, 5.74) is 1.37. The van der Waals surface area contributed by atoms with Gasteiger partial charge < -0.3 is 5.32 Å². The number of rotatable bonds is 4. The smallest absolute Gasteiger partial charge is 0.262 e. The van der Waals surface area contributed by atoms with Crippen LogP contribution < -0.4 is 10.0 Å². The molecule has 0 unspecified atom stereocenters. The maximum atomic E-state index is 13.9. The van der Waals surface area contributed by atoms with Crippen LogP contribution in [-0.4, -0.2) is 19.3 Å². The number of nitrogens with zero attached hydrogens (tertiary/aromatic N) is 1. The van der Waals surface area contributed by atoms with Crippen molar-refractivity contribution in [2.75, 3.05) is 10.0 Å². The summed E-state index contributed by atoms with van der Waals surface area (Å²) >= 11 is 0. The van der Waals surface area contributed by atoms with E-state index in [0.29, 0.717) is 16.9 Å². The Morgan fingerprint density at radius 1 is 1.08 bits per heavy atom. The highest BCUT2D eigenvalue weighted by atomic mass is 32.2. The van der Waals surface area contributed by atoms with E-state index in [2.05, 4.69) is 15.0 Å². The van der Waals surface area contributed by atoms with Crippen molar-refractivity contribution in [1.82, 2.24) is 4.98 Å². The Balaban J connectivity index is 2.06. The number of anilines is 2. The third-order valence-electron chi connectivity index (χ3n) is 3.86. The van der Waals surface area contributed by atoms with Crippen molar-refractivity contribution in [2.45, 2.75) is 18.7 Å². The van der Waals surface area contributed by atoms with Gasteiger partial charge in [0, 0.05) is 24.2 Å². The number of sulfonamides is 1. The molecule has 0 saturated heterocycles. The van der Waals surface area contributed by atoms with Crippen LogP contribution in [-0.2, 0) is 14.8 Å². The first-order valence-electron chi connectivity index (χ1n) is 7.73.